The summed E-state index contributed by atoms with van der Waals surface area (Å²) in [6.07, 6.45) is 3.46. The number of nitrogens with zero attached hydrogens (tertiary/aromatic N) is 1. The van der Waals surface area contributed by atoms with Gasteiger partial charge in [0, 0.05) is 6.61 Å². The standard InChI is InChI=1S/C16H30N2O2/c1-10(2)9-13-16(19)18(15(17-13)11(3)4)12(5)14-7-6-8-20-14/h10-15,17H,6-9H2,1-5H3. The van der Waals surface area contributed by atoms with Crippen LogP contribution < -0.4 is 5.32 Å². The van der Waals surface area contributed by atoms with Crippen LogP contribution >= 0.6 is 0 Å². The minimum atomic E-state index is -0.0220. The van der Waals surface area contributed by atoms with Gasteiger partial charge < -0.3 is 9.64 Å². The third kappa shape index (κ3) is 3.17. The van der Waals surface area contributed by atoms with E-state index in [-0.39, 0.29) is 30.3 Å². The van der Waals surface area contributed by atoms with E-state index in [9.17, 15) is 4.79 Å². The molecular weight excluding hydrogens is 252 g/mol. The molecule has 116 valence electrons. The Kier molecular flexibility index (Phi) is 5.08. The van der Waals surface area contributed by atoms with E-state index in [1.807, 2.05) is 0 Å². The number of amides is 1. The smallest absolute Gasteiger partial charge is 0.241 e. The van der Waals surface area contributed by atoms with Crippen LogP contribution in [-0.4, -0.2) is 41.8 Å². The fraction of sp³-hybridized carbons (Fsp3) is 0.938. The predicted octanol–water partition coefficient (Wildman–Crippen LogP) is 2.38. The van der Waals surface area contributed by atoms with E-state index < -0.39 is 0 Å². The van der Waals surface area contributed by atoms with Gasteiger partial charge in [-0.2, -0.15) is 0 Å². The lowest BCUT2D eigenvalue weighted by atomic mass is 10.0. The minimum absolute atomic E-state index is 0.0220. The molecular formula is C16H30N2O2. The summed E-state index contributed by atoms with van der Waals surface area (Å²) < 4.78 is 5.80. The molecule has 2 saturated heterocycles. The third-order valence-electron chi connectivity index (χ3n) is 4.50. The van der Waals surface area contributed by atoms with Crippen LogP contribution in [0.4, 0.5) is 0 Å². The molecule has 0 bridgehead atoms. The van der Waals surface area contributed by atoms with Crippen LogP contribution in [0, 0.1) is 11.8 Å². The van der Waals surface area contributed by atoms with E-state index in [0.29, 0.717) is 11.8 Å². The van der Waals surface area contributed by atoms with E-state index in [4.69, 9.17) is 4.74 Å². The minimum Gasteiger partial charge on any atom is -0.376 e. The summed E-state index contributed by atoms with van der Waals surface area (Å²) in [5, 5.41) is 3.55. The molecule has 4 nitrogen and oxygen atoms in total. The Morgan fingerprint density at radius 2 is 2.00 bits per heavy atom. The van der Waals surface area contributed by atoms with Crippen molar-refractivity contribution in [3.8, 4) is 0 Å². The summed E-state index contributed by atoms with van der Waals surface area (Å²) >= 11 is 0. The topological polar surface area (TPSA) is 41.6 Å². The summed E-state index contributed by atoms with van der Waals surface area (Å²) in [6, 6.07) is 0.147. The molecule has 2 aliphatic rings. The Hall–Kier alpha value is -0.610. The second-order valence-corrected chi connectivity index (χ2v) is 7.08. The van der Waals surface area contributed by atoms with Crippen molar-refractivity contribution in [1.82, 2.24) is 10.2 Å². The Labute approximate surface area is 123 Å². The summed E-state index contributed by atoms with van der Waals surface area (Å²) in [4.78, 5) is 14.8. The van der Waals surface area contributed by atoms with E-state index >= 15 is 0 Å². The molecule has 1 amide bonds. The van der Waals surface area contributed by atoms with Gasteiger partial charge in [0.2, 0.25) is 5.91 Å². The van der Waals surface area contributed by atoms with Crippen LogP contribution in [0.5, 0.6) is 0 Å². The lowest BCUT2D eigenvalue weighted by molar-refractivity contribution is -0.135. The number of rotatable bonds is 5. The van der Waals surface area contributed by atoms with Gasteiger partial charge in [-0.1, -0.05) is 27.7 Å². The molecule has 1 N–H and O–H groups in total. The van der Waals surface area contributed by atoms with Crippen molar-refractivity contribution in [3.05, 3.63) is 0 Å². The molecule has 0 aromatic carbocycles. The monoisotopic (exact) mass is 282 g/mol. The summed E-state index contributed by atoms with van der Waals surface area (Å²) in [6.45, 7) is 11.7. The van der Waals surface area contributed by atoms with Gasteiger partial charge in [-0.25, -0.2) is 0 Å². The lowest BCUT2D eigenvalue weighted by Gasteiger charge is -2.35. The van der Waals surface area contributed by atoms with Crippen LogP contribution in [0.15, 0.2) is 0 Å². The van der Waals surface area contributed by atoms with Gasteiger partial charge in [0.1, 0.15) is 0 Å². The molecule has 0 radical (unpaired) electrons. The Balaban J connectivity index is 2.12. The maximum absolute atomic E-state index is 12.8. The van der Waals surface area contributed by atoms with Crippen molar-refractivity contribution in [2.24, 2.45) is 11.8 Å². The van der Waals surface area contributed by atoms with Crippen molar-refractivity contribution in [3.63, 3.8) is 0 Å². The summed E-state index contributed by atoms with van der Waals surface area (Å²) in [7, 11) is 0. The van der Waals surface area contributed by atoms with Crippen LogP contribution in [0.3, 0.4) is 0 Å². The van der Waals surface area contributed by atoms with Gasteiger partial charge in [-0.05, 0) is 38.0 Å². The zero-order chi connectivity index (χ0) is 14.9. The molecule has 0 aliphatic carbocycles. The van der Waals surface area contributed by atoms with E-state index in [0.717, 1.165) is 25.9 Å². The summed E-state index contributed by atoms with van der Waals surface area (Å²) in [5.74, 6) is 1.21. The highest BCUT2D eigenvalue weighted by molar-refractivity contribution is 5.84. The largest absolute Gasteiger partial charge is 0.376 e. The zero-order valence-electron chi connectivity index (χ0n) is 13.6. The predicted molar refractivity (Wildman–Crippen MR) is 80.3 cm³/mol. The molecule has 2 rings (SSSR count). The quantitative estimate of drug-likeness (QED) is 0.842. The Morgan fingerprint density at radius 3 is 2.50 bits per heavy atom. The maximum Gasteiger partial charge on any atom is 0.241 e. The van der Waals surface area contributed by atoms with Crippen molar-refractivity contribution < 1.29 is 9.53 Å². The molecule has 0 saturated carbocycles. The lowest BCUT2D eigenvalue weighted by Crippen LogP contribution is -2.50. The van der Waals surface area contributed by atoms with Crippen molar-refractivity contribution in [2.45, 2.75) is 78.2 Å². The van der Waals surface area contributed by atoms with Gasteiger partial charge >= 0.3 is 0 Å². The average Bonchev–Trinajstić information content (AvgIpc) is 2.97. The van der Waals surface area contributed by atoms with Crippen LogP contribution in [0.25, 0.3) is 0 Å². The number of nitrogens with one attached hydrogen (secondary N) is 1. The van der Waals surface area contributed by atoms with E-state index in [1.165, 1.54) is 0 Å². The first kappa shape index (κ1) is 15.8. The number of ether oxygens (including phenoxy) is 1. The van der Waals surface area contributed by atoms with Gasteiger partial charge in [0.15, 0.2) is 0 Å². The number of hydrogen-bond acceptors (Lipinski definition) is 3. The molecule has 4 atom stereocenters. The first-order valence-corrected chi connectivity index (χ1v) is 8.11. The average molecular weight is 282 g/mol. The van der Waals surface area contributed by atoms with Crippen LogP contribution in [-0.2, 0) is 9.53 Å². The Morgan fingerprint density at radius 1 is 1.30 bits per heavy atom. The van der Waals surface area contributed by atoms with E-state index in [2.05, 4.69) is 44.8 Å². The first-order valence-electron chi connectivity index (χ1n) is 8.11. The Bertz CT molecular complexity index is 337. The SMILES string of the molecule is CC(C)CC1NC(C(C)C)N(C(C)C2CCCO2)C1=O. The highest BCUT2D eigenvalue weighted by Gasteiger charge is 2.44. The fourth-order valence-corrected chi connectivity index (χ4v) is 3.44. The molecule has 2 aliphatic heterocycles. The number of carbonyl (C=O) groups excluding carboxylic acids is 1. The van der Waals surface area contributed by atoms with Gasteiger partial charge in [0.05, 0.1) is 24.4 Å². The molecule has 0 aromatic heterocycles. The first-order chi connectivity index (χ1) is 9.41. The van der Waals surface area contributed by atoms with Crippen LogP contribution in [0.1, 0.15) is 53.9 Å². The van der Waals surface area contributed by atoms with E-state index in [1.54, 1.807) is 0 Å². The van der Waals surface area contributed by atoms with Crippen molar-refractivity contribution in [2.75, 3.05) is 6.61 Å². The molecule has 0 aromatic rings. The second kappa shape index (κ2) is 6.44. The van der Waals surface area contributed by atoms with Gasteiger partial charge in [-0.3, -0.25) is 10.1 Å². The molecule has 20 heavy (non-hydrogen) atoms. The normalized spacial score (nSPS) is 32.6. The molecule has 4 unspecified atom stereocenters. The molecule has 4 heteroatoms. The fourth-order valence-electron chi connectivity index (χ4n) is 3.44. The van der Waals surface area contributed by atoms with Crippen molar-refractivity contribution in [1.29, 1.82) is 0 Å². The molecule has 2 fully saturated rings. The second-order valence-electron chi connectivity index (χ2n) is 7.08. The molecule has 2 heterocycles. The molecule has 0 spiro atoms. The zero-order valence-corrected chi connectivity index (χ0v) is 13.6. The highest BCUT2D eigenvalue weighted by atomic mass is 16.5. The third-order valence-corrected chi connectivity index (χ3v) is 4.50. The van der Waals surface area contributed by atoms with Crippen molar-refractivity contribution >= 4 is 5.91 Å². The van der Waals surface area contributed by atoms with Crippen LogP contribution in [0.2, 0.25) is 0 Å². The highest BCUT2D eigenvalue weighted by Crippen LogP contribution is 2.28. The number of hydrogen-bond donors (Lipinski definition) is 1. The van der Waals surface area contributed by atoms with Gasteiger partial charge in [0.25, 0.3) is 0 Å². The number of carbonyl (C=O) groups is 1. The summed E-state index contributed by atoms with van der Waals surface area (Å²) in [5.41, 5.74) is 0. The van der Waals surface area contributed by atoms with Gasteiger partial charge in [-0.15, -0.1) is 0 Å². The maximum atomic E-state index is 12.8.